The summed E-state index contributed by atoms with van der Waals surface area (Å²) in [6.07, 6.45) is 11.6. The first-order chi connectivity index (χ1) is 4.85. The molecule has 0 amide bonds. The van der Waals surface area contributed by atoms with Crippen LogP contribution in [0.15, 0.2) is 0 Å². The predicted molar refractivity (Wildman–Crippen MR) is 50.0 cm³/mol. The van der Waals surface area contributed by atoms with Gasteiger partial charge in [-0.25, -0.2) is 0 Å². The third-order valence-corrected chi connectivity index (χ3v) is 2.64. The van der Waals surface area contributed by atoms with Crippen molar-refractivity contribution in [3.05, 3.63) is 6.92 Å². The zero-order chi connectivity index (χ0) is 7.82. The molecular weight excluding hydrogens is 140 g/mol. The fourth-order valence-corrected chi connectivity index (χ4v) is 1.45. The Balaban J connectivity index is 3.19. The van der Waals surface area contributed by atoms with Crippen LogP contribution in [0.25, 0.3) is 0 Å². The Labute approximate surface area is 68.8 Å². The number of thioether (sulfide) groups is 1. The molecular formula is C9H15S. The summed E-state index contributed by atoms with van der Waals surface area (Å²) in [6.45, 7) is 3.86. The van der Waals surface area contributed by atoms with Crippen molar-refractivity contribution >= 4 is 11.8 Å². The maximum atomic E-state index is 5.13. The maximum absolute atomic E-state index is 5.13. The molecule has 1 radical (unpaired) electrons. The summed E-state index contributed by atoms with van der Waals surface area (Å²) >= 11 is 1.89. The van der Waals surface area contributed by atoms with Crippen molar-refractivity contribution in [3.8, 4) is 12.3 Å². The molecule has 0 saturated carbocycles. The normalized spacial score (nSPS) is 12.5. The minimum atomic E-state index is 0.716. The van der Waals surface area contributed by atoms with Gasteiger partial charge in [0.25, 0.3) is 0 Å². The lowest BCUT2D eigenvalue weighted by Crippen LogP contribution is -1.98. The van der Waals surface area contributed by atoms with Gasteiger partial charge in [-0.05, 0) is 25.5 Å². The molecule has 1 heteroatoms. The lowest BCUT2D eigenvalue weighted by atomic mass is 10.1. The Bertz CT molecular complexity index is 97.8. The first-order valence-electron chi connectivity index (χ1n) is 3.60. The molecule has 0 spiro atoms. The molecule has 0 rings (SSSR count). The minimum absolute atomic E-state index is 0.716. The molecule has 0 aromatic rings. The summed E-state index contributed by atoms with van der Waals surface area (Å²) in [5, 5.41) is 0.716. The highest BCUT2D eigenvalue weighted by Gasteiger charge is 2.01. The second-order valence-electron chi connectivity index (χ2n) is 2.24. The number of rotatable bonds is 5. The molecule has 0 heterocycles. The first kappa shape index (κ1) is 9.91. The molecule has 0 aromatic carbocycles. The molecule has 0 aromatic heterocycles. The Kier molecular flexibility index (Phi) is 6.96. The van der Waals surface area contributed by atoms with Crippen molar-refractivity contribution in [1.82, 2.24) is 0 Å². The van der Waals surface area contributed by atoms with Crippen LogP contribution in [0.5, 0.6) is 0 Å². The third kappa shape index (κ3) is 4.76. The van der Waals surface area contributed by atoms with Crippen LogP contribution in [0.2, 0.25) is 0 Å². The summed E-state index contributed by atoms with van der Waals surface area (Å²) in [4.78, 5) is 0. The third-order valence-electron chi connectivity index (χ3n) is 1.50. The van der Waals surface area contributed by atoms with Crippen molar-refractivity contribution in [1.29, 1.82) is 0 Å². The van der Waals surface area contributed by atoms with Crippen molar-refractivity contribution in [3.63, 3.8) is 0 Å². The molecule has 0 saturated heterocycles. The van der Waals surface area contributed by atoms with E-state index in [-0.39, 0.29) is 0 Å². The van der Waals surface area contributed by atoms with Crippen molar-refractivity contribution in [2.45, 2.75) is 30.9 Å². The molecule has 0 aliphatic rings. The smallest absolute Gasteiger partial charge is 0.00864 e. The average Bonchev–Trinajstić information content (AvgIpc) is 1.99. The van der Waals surface area contributed by atoms with E-state index >= 15 is 0 Å². The molecule has 0 fully saturated rings. The largest absolute Gasteiger partial charge is 0.162 e. The molecule has 1 atom stereocenters. The molecule has 57 valence electrons. The SMILES string of the molecule is C#CCCCC(C[CH2])SC. The topological polar surface area (TPSA) is 0 Å². The molecule has 0 aliphatic carbocycles. The first-order valence-corrected chi connectivity index (χ1v) is 4.89. The van der Waals surface area contributed by atoms with Gasteiger partial charge in [0, 0.05) is 11.7 Å². The Morgan fingerprint density at radius 1 is 1.70 bits per heavy atom. The Morgan fingerprint density at radius 2 is 2.40 bits per heavy atom. The van der Waals surface area contributed by atoms with E-state index in [4.69, 9.17) is 6.42 Å². The van der Waals surface area contributed by atoms with Gasteiger partial charge in [0.15, 0.2) is 0 Å². The number of terminal acetylenes is 1. The zero-order valence-electron chi connectivity index (χ0n) is 6.60. The van der Waals surface area contributed by atoms with Gasteiger partial charge in [-0.1, -0.05) is 6.92 Å². The predicted octanol–water partition coefficient (Wildman–Crippen LogP) is 2.75. The summed E-state index contributed by atoms with van der Waals surface area (Å²) < 4.78 is 0. The second kappa shape index (κ2) is 7.02. The second-order valence-corrected chi connectivity index (χ2v) is 3.38. The van der Waals surface area contributed by atoms with Crippen molar-refractivity contribution < 1.29 is 0 Å². The van der Waals surface area contributed by atoms with Crippen LogP contribution < -0.4 is 0 Å². The summed E-state index contributed by atoms with van der Waals surface area (Å²) in [5.74, 6) is 2.64. The summed E-state index contributed by atoms with van der Waals surface area (Å²) in [5.41, 5.74) is 0. The maximum Gasteiger partial charge on any atom is 0.00864 e. The molecule has 0 aliphatic heterocycles. The van der Waals surface area contributed by atoms with Gasteiger partial charge >= 0.3 is 0 Å². The summed E-state index contributed by atoms with van der Waals surface area (Å²) in [6, 6.07) is 0. The Morgan fingerprint density at radius 3 is 2.80 bits per heavy atom. The van der Waals surface area contributed by atoms with Crippen molar-refractivity contribution in [2.24, 2.45) is 0 Å². The van der Waals surface area contributed by atoms with Crippen LogP contribution in [-0.4, -0.2) is 11.5 Å². The van der Waals surface area contributed by atoms with Crippen LogP contribution >= 0.6 is 11.8 Å². The number of unbranched alkanes of at least 4 members (excludes halogenated alkanes) is 1. The van der Waals surface area contributed by atoms with Crippen molar-refractivity contribution in [2.75, 3.05) is 6.26 Å². The van der Waals surface area contributed by atoms with E-state index in [1.165, 1.54) is 6.42 Å². The standard InChI is InChI=1S/C9H15S/c1-4-6-7-8-9(5-2)10-3/h1,9H,2,5-8H2,3H3. The van der Waals surface area contributed by atoms with Gasteiger partial charge in [-0.3, -0.25) is 0 Å². The van der Waals surface area contributed by atoms with E-state index in [9.17, 15) is 0 Å². The highest BCUT2D eigenvalue weighted by molar-refractivity contribution is 7.99. The fourth-order valence-electron chi connectivity index (χ4n) is 0.812. The van der Waals surface area contributed by atoms with E-state index in [2.05, 4.69) is 19.1 Å². The highest BCUT2D eigenvalue weighted by Crippen LogP contribution is 2.16. The average molecular weight is 155 g/mol. The fraction of sp³-hybridized carbons (Fsp3) is 0.667. The monoisotopic (exact) mass is 155 g/mol. The van der Waals surface area contributed by atoms with E-state index in [0.717, 1.165) is 19.3 Å². The molecule has 0 N–H and O–H groups in total. The van der Waals surface area contributed by atoms with E-state index in [0.29, 0.717) is 5.25 Å². The van der Waals surface area contributed by atoms with E-state index in [1.54, 1.807) is 0 Å². The molecule has 0 bridgehead atoms. The highest BCUT2D eigenvalue weighted by atomic mass is 32.2. The van der Waals surface area contributed by atoms with E-state index < -0.39 is 0 Å². The van der Waals surface area contributed by atoms with Gasteiger partial charge in [0.2, 0.25) is 0 Å². The zero-order valence-corrected chi connectivity index (χ0v) is 7.41. The van der Waals surface area contributed by atoms with Crippen LogP contribution in [0.4, 0.5) is 0 Å². The lowest BCUT2D eigenvalue weighted by Gasteiger charge is -2.08. The van der Waals surface area contributed by atoms with Gasteiger partial charge in [0.05, 0.1) is 0 Å². The van der Waals surface area contributed by atoms with Gasteiger partial charge in [-0.2, -0.15) is 11.8 Å². The molecule has 0 nitrogen and oxygen atoms in total. The summed E-state index contributed by atoms with van der Waals surface area (Å²) in [7, 11) is 0. The number of hydrogen-bond donors (Lipinski definition) is 0. The Hall–Kier alpha value is -0.0900. The van der Waals surface area contributed by atoms with Crippen LogP contribution in [-0.2, 0) is 0 Å². The lowest BCUT2D eigenvalue weighted by molar-refractivity contribution is 0.718. The van der Waals surface area contributed by atoms with Crippen LogP contribution in [0, 0.1) is 19.3 Å². The van der Waals surface area contributed by atoms with Crippen LogP contribution in [0.1, 0.15) is 25.7 Å². The molecule has 10 heavy (non-hydrogen) atoms. The van der Waals surface area contributed by atoms with Crippen LogP contribution in [0.3, 0.4) is 0 Å². The quantitative estimate of drug-likeness (QED) is 0.434. The van der Waals surface area contributed by atoms with Gasteiger partial charge in [-0.15, -0.1) is 12.3 Å². The number of hydrogen-bond acceptors (Lipinski definition) is 1. The van der Waals surface area contributed by atoms with E-state index in [1.807, 2.05) is 11.8 Å². The van der Waals surface area contributed by atoms with Gasteiger partial charge < -0.3 is 0 Å². The molecule has 1 unspecified atom stereocenters. The van der Waals surface area contributed by atoms with Gasteiger partial charge in [0.1, 0.15) is 0 Å². The minimum Gasteiger partial charge on any atom is -0.162 e.